The zero-order chi connectivity index (χ0) is 14.7. The van der Waals surface area contributed by atoms with Crippen molar-refractivity contribution in [2.45, 2.75) is 20.5 Å². The number of rotatable bonds is 4. The van der Waals surface area contributed by atoms with Crippen molar-refractivity contribution in [1.29, 1.82) is 5.41 Å². The summed E-state index contributed by atoms with van der Waals surface area (Å²) in [6.45, 7) is 4.54. The van der Waals surface area contributed by atoms with E-state index in [4.69, 9.17) is 15.9 Å². The number of benzene rings is 2. The highest BCUT2D eigenvalue weighted by atomic mass is 79.9. The number of nitrogens with two attached hydrogens (primary N) is 1. The number of aryl methyl sites for hydroxylation is 2. The number of nitrogens with one attached hydrogen (secondary N) is 1. The van der Waals surface area contributed by atoms with Gasteiger partial charge in [-0.25, -0.2) is 0 Å². The van der Waals surface area contributed by atoms with Crippen LogP contribution < -0.4 is 10.5 Å². The lowest BCUT2D eigenvalue weighted by molar-refractivity contribution is 0.306. The summed E-state index contributed by atoms with van der Waals surface area (Å²) in [5.41, 5.74) is 9.50. The Hall–Kier alpha value is -1.81. The molecule has 2 aromatic rings. The first-order valence-electron chi connectivity index (χ1n) is 6.30. The average Bonchev–Trinajstić information content (AvgIpc) is 2.42. The fraction of sp³-hybridized carbons (Fsp3) is 0.188. The molecule has 0 atom stereocenters. The highest BCUT2D eigenvalue weighted by Crippen LogP contribution is 2.26. The van der Waals surface area contributed by atoms with Crippen LogP contribution in [-0.4, -0.2) is 5.84 Å². The Kier molecular flexibility index (Phi) is 4.45. The molecule has 0 saturated heterocycles. The van der Waals surface area contributed by atoms with Gasteiger partial charge in [0.25, 0.3) is 0 Å². The molecule has 0 aromatic heterocycles. The standard InChI is InChI=1S/C16H17BrN2O/c1-10-6-14(7-11(2)15(10)17)20-9-12-4-3-5-13(8-12)16(18)19/h3-8H,9H2,1-2H3,(H3,18,19). The largest absolute Gasteiger partial charge is 0.489 e. The van der Waals surface area contributed by atoms with Crippen LogP contribution >= 0.6 is 15.9 Å². The topological polar surface area (TPSA) is 59.1 Å². The Morgan fingerprint density at radius 3 is 2.45 bits per heavy atom. The lowest BCUT2D eigenvalue weighted by atomic mass is 10.1. The molecule has 0 spiro atoms. The minimum Gasteiger partial charge on any atom is -0.489 e. The van der Waals surface area contributed by atoms with Gasteiger partial charge in [-0.2, -0.15) is 0 Å². The van der Waals surface area contributed by atoms with Gasteiger partial charge >= 0.3 is 0 Å². The van der Waals surface area contributed by atoms with Crippen molar-refractivity contribution in [3.05, 3.63) is 63.1 Å². The average molecular weight is 333 g/mol. The maximum Gasteiger partial charge on any atom is 0.122 e. The fourth-order valence-electron chi connectivity index (χ4n) is 1.98. The van der Waals surface area contributed by atoms with Crippen LogP contribution in [0.15, 0.2) is 40.9 Å². The summed E-state index contributed by atoms with van der Waals surface area (Å²) in [5.74, 6) is 0.915. The summed E-state index contributed by atoms with van der Waals surface area (Å²) in [5, 5.41) is 7.44. The van der Waals surface area contributed by atoms with Gasteiger partial charge in [-0.05, 0) is 48.7 Å². The second-order valence-electron chi connectivity index (χ2n) is 4.77. The molecule has 20 heavy (non-hydrogen) atoms. The molecule has 2 aromatic carbocycles. The van der Waals surface area contributed by atoms with Gasteiger partial charge in [-0.3, -0.25) is 5.41 Å². The quantitative estimate of drug-likeness (QED) is 0.658. The molecule has 0 unspecified atom stereocenters. The van der Waals surface area contributed by atoms with E-state index in [1.54, 1.807) is 0 Å². The lowest BCUT2D eigenvalue weighted by Crippen LogP contribution is -2.11. The second kappa shape index (κ2) is 6.09. The Bertz CT molecular complexity index is 630. The number of amidine groups is 1. The third-order valence-corrected chi connectivity index (χ3v) is 4.30. The molecule has 0 aliphatic rings. The summed E-state index contributed by atoms with van der Waals surface area (Å²) < 4.78 is 6.93. The first-order valence-corrected chi connectivity index (χ1v) is 7.09. The third kappa shape index (κ3) is 3.39. The molecule has 0 aliphatic heterocycles. The van der Waals surface area contributed by atoms with Gasteiger partial charge in [-0.15, -0.1) is 0 Å². The predicted molar refractivity (Wildman–Crippen MR) is 85.4 cm³/mol. The summed E-state index contributed by atoms with van der Waals surface area (Å²) >= 11 is 3.54. The van der Waals surface area contributed by atoms with Gasteiger partial charge in [0.1, 0.15) is 18.2 Å². The fourth-order valence-corrected chi connectivity index (χ4v) is 2.21. The summed E-state index contributed by atoms with van der Waals surface area (Å²) in [6, 6.07) is 11.6. The Labute approximate surface area is 127 Å². The maximum absolute atomic E-state index is 7.44. The van der Waals surface area contributed by atoms with Crippen molar-refractivity contribution < 1.29 is 4.74 Å². The van der Waals surface area contributed by atoms with E-state index in [0.29, 0.717) is 12.2 Å². The molecule has 0 bridgehead atoms. The molecule has 3 nitrogen and oxygen atoms in total. The van der Waals surface area contributed by atoms with E-state index < -0.39 is 0 Å². The molecule has 0 saturated carbocycles. The smallest absolute Gasteiger partial charge is 0.122 e. The van der Waals surface area contributed by atoms with E-state index in [9.17, 15) is 0 Å². The summed E-state index contributed by atoms with van der Waals surface area (Å²) in [6.07, 6.45) is 0. The van der Waals surface area contributed by atoms with Crippen molar-refractivity contribution in [1.82, 2.24) is 0 Å². The van der Waals surface area contributed by atoms with Crippen LogP contribution in [0.5, 0.6) is 5.75 Å². The van der Waals surface area contributed by atoms with E-state index in [-0.39, 0.29) is 5.84 Å². The minimum atomic E-state index is 0.0715. The SMILES string of the molecule is Cc1cc(OCc2cccc(C(=N)N)c2)cc(C)c1Br. The van der Waals surface area contributed by atoms with E-state index in [1.807, 2.05) is 50.2 Å². The van der Waals surface area contributed by atoms with Crippen LogP contribution in [0.1, 0.15) is 22.3 Å². The molecule has 0 heterocycles. The molecule has 0 aliphatic carbocycles. The van der Waals surface area contributed by atoms with Crippen LogP contribution in [0.2, 0.25) is 0 Å². The Balaban J connectivity index is 2.13. The molecule has 0 radical (unpaired) electrons. The van der Waals surface area contributed by atoms with Gasteiger partial charge in [0.15, 0.2) is 0 Å². The van der Waals surface area contributed by atoms with Crippen molar-refractivity contribution in [2.24, 2.45) is 5.73 Å². The first kappa shape index (κ1) is 14.6. The second-order valence-corrected chi connectivity index (χ2v) is 5.57. The Morgan fingerprint density at radius 1 is 1.20 bits per heavy atom. The number of hydrogen-bond acceptors (Lipinski definition) is 2. The third-order valence-electron chi connectivity index (χ3n) is 3.05. The van der Waals surface area contributed by atoms with Gasteiger partial charge in [0.2, 0.25) is 0 Å². The lowest BCUT2D eigenvalue weighted by Gasteiger charge is -2.11. The summed E-state index contributed by atoms with van der Waals surface area (Å²) in [7, 11) is 0. The molecule has 104 valence electrons. The zero-order valence-electron chi connectivity index (χ0n) is 11.5. The summed E-state index contributed by atoms with van der Waals surface area (Å²) in [4.78, 5) is 0. The van der Waals surface area contributed by atoms with Gasteiger partial charge in [-0.1, -0.05) is 34.1 Å². The first-order chi connectivity index (χ1) is 9.47. The van der Waals surface area contributed by atoms with Crippen molar-refractivity contribution in [3.63, 3.8) is 0 Å². The molecule has 4 heteroatoms. The van der Waals surface area contributed by atoms with Crippen LogP contribution in [0.4, 0.5) is 0 Å². The van der Waals surface area contributed by atoms with Crippen LogP contribution in [0, 0.1) is 19.3 Å². The number of ether oxygens (including phenoxy) is 1. The van der Waals surface area contributed by atoms with Crippen molar-refractivity contribution >= 4 is 21.8 Å². The highest BCUT2D eigenvalue weighted by molar-refractivity contribution is 9.10. The van der Waals surface area contributed by atoms with Crippen LogP contribution in [0.3, 0.4) is 0 Å². The molecule has 0 fully saturated rings. The van der Waals surface area contributed by atoms with E-state index in [0.717, 1.165) is 26.9 Å². The predicted octanol–water partition coefficient (Wildman–Crippen LogP) is 3.93. The number of hydrogen-bond donors (Lipinski definition) is 2. The van der Waals surface area contributed by atoms with Crippen molar-refractivity contribution in [2.75, 3.05) is 0 Å². The molecular formula is C16H17BrN2O. The monoisotopic (exact) mass is 332 g/mol. The molecule has 3 N–H and O–H groups in total. The van der Waals surface area contributed by atoms with Crippen molar-refractivity contribution in [3.8, 4) is 5.75 Å². The van der Waals surface area contributed by atoms with Gasteiger partial charge in [0, 0.05) is 10.0 Å². The van der Waals surface area contributed by atoms with Crippen LogP contribution in [0.25, 0.3) is 0 Å². The molecular weight excluding hydrogens is 316 g/mol. The van der Waals surface area contributed by atoms with Gasteiger partial charge < -0.3 is 10.5 Å². The zero-order valence-corrected chi connectivity index (χ0v) is 13.1. The van der Waals surface area contributed by atoms with Crippen LogP contribution in [-0.2, 0) is 6.61 Å². The van der Waals surface area contributed by atoms with E-state index in [2.05, 4.69) is 15.9 Å². The maximum atomic E-state index is 7.44. The molecule has 0 amide bonds. The van der Waals surface area contributed by atoms with E-state index in [1.165, 1.54) is 0 Å². The van der Waals surface area contributed by atoms with E-state index >= 15 is 0 Å². The molecule has 2 rings (SSSR count). The number of halogens is 1. The van der Waals surface area contributed by atoms with Gasteiger partial charge in [0.05, 0.1) is 0 Å². The highest BCUT2D eigenvalue weighted by Gasteiger charge is 2.04. The minimum absolute atomic E-state index is 0.0715. The Morgan fingerprint density at radius 2 is 1.85 bits per heavy atom. The normalized spacial score (nSPS) is 10.3. The number of nitrogen functional groups attached to an aromatic ring is 1.